The Hall–Kier alpha value is -1.65. The van der Waals surface area contributed by atoms with Gasteiger partial charge in [0.25, 0.3) is 5.56 Å². The molecular formula is C13H18N2O3. The summed E-state index contributed by atoms with van der Waals surface area (Å²) in [5.41, 5.74) is 1.02. The summed E-state index contributed by atoms with van der Waals surface area (Å²) in [6, 6.07) is 0. The van der Waals surface area contributed by atoms with Crippen LogP contribution in [0.1, 0.15) is 60.4 Å². The monoisotopic (exact) mass is 250 g/mol. The fraction of sp³-hybridized carbons (Fsp3) is 0.615. The Kier molecular flexibility index (Phi) is 3.79. The number of hydrogen-bond acceptors (Lipinski definition) is 4. The van der Waals surface area contributed by atoms with Gasteiger partial charge in [-0.3, -0.25) is 4.79 Å². The molecule has 5 nitrogen and oxygen atoms in total. The van der Waals surface area contributed by atoms with E-state index in [2.05, 4.69) is 9.97 Å². The molecule has 0 aromatic carbocycles. The van der Waals surface area contributed by atoms with E-state index in [9.17, 15) is 9.59 Å². The molecule has 1 aromatic heterocycles. The maximum absolute atomic E-state index is 12.0. The van der Waals surface area contributed by atoms with Crippen molar-refractivity contribution in [1.29, 1.82) is 0 Å². The second-order valence-electron chi connectivity index (χ2n) is 4.61. The number of aromatic nitrogens is 2. The van der Waals surface area contributed by atoms with Gasteiger partial charge in [-0.15, -0.1) is 0 Å². The Bertz CT molecular complexity index is 501. The lowest BCUT2D eigenvalue weighted by molar-refractivity contribution is 0.0517. The Morgan fingerprint density at radius 3 is 2.72 bits per heavy atom. The van der Waals surface area contributed by atoms with Crippen LogP contribution in [0.5, 0.6) is 0 Å². The highest BCUT2D eigenvalue weighted by Crippen LogP contribution is 2.31. The minimum Gasteiger partial charge on any atom is -0.461 e. The van der Waals surface area contributed by atoms with Gasteiger partial charge in [-0.1, -0.05) is 12.8 Å². The lowest BCUT2D eigenvalue weighted by atomic mass is 10.0. The lowest BCUT2D eigenvalue weighted by Gasteiger charge is -2.10. The average molecular weight is 250 g/mol. The number of aryl methyl sites for hydroxylation is 1. The normalized spacial score (nSPS) is 15.9. The van der Waals surface area contributed by atoms with Crippen molar-refractivity contribution >= 4 is 5.97 Å². The predicted octanol–water partition coefficient (Wildman–Crippen LogP) is 1.91. The maximum atomic E-state index is 12.0. The number of nitrogens with zero attached hydrogens (tertiary/aromatic N) is 1. The first-order valence-corrected chi connectivity index (χ1v) is 6.41. The molecule has 18 heavy (non-hydrogen) atoms. The predicted molar refractivity (Wildman–Crippen MR) is 66.8 cm³/mol. The minimum absolute atomic E-state index is 0.170. The molecule has 1 fully saturated rings. The molecule has 0 spiro atoms. The zero-order valence-corrected chi connectivity index (χ0v) is 10.8. The highest BCUT2D eigenvalue weighted by atomic mass is 16.5. The molecule has 1 N–H and O–H groups in total. The van der Waals surface area contributed by atoms with Gasteiger partial charge in [0.1, 0.15) is 11.4 Å². The summed E-state index contributed by atoms with van der Waals surface area (Å²) in [5.74, 6) is -0.277. The van der Waals surface area contributed by atoms with Gasteiger partial charge < -0.3 is 9.72 Å². The molecular weight excluding hydrogens is 232 g/mol. The number of esters is 1. The summed E-state index contributed by atoms with van der Waals surface area (Å²) >= 11 is 0. The van der Waals surface area contributed by atoms with Crippen molar-refractivity contribution < 1.29 is 9.53 Å². The van der Waals surface area contributed by atoms with Crippen molar-refractivity contribution in [2.75, 3.05) is 6.61 Å². The van der Waals surface area contributed by atoms with Crippen LogP contribution in [-0.2, 0) is 4.74 Å². The van der Waals surface area contributed by atoms with Crippen molar-refractivity contribution in [1.82, 2.24) is 9.97 Å². The van der Waals surface area contributed by atoms with Crippen LogP contribution < -0.4 is 5.56 Å². The van der Waals surface area contributed by atoms with Gasteiger partial charge in [-0.25, -0.2) is 9.78 Å². The summed E-state index contributed by atoms with van der Waals surface area (Å²) in [7, 11) is 0. The average Bonchev–Trinajstić information content (AvgIpc) is 2.85. The van der Waals surface area contributed by atoms with Crippen LogP contribution in [0.25, 0.3) is 0 Å². The van der Waals surface area contributed by atoms with E-state index in [-0.39, 0.29) is 23.8 Å². The number of rotatable bonds is 3. The number of nitrogens with one attached hydrogen (secondary N) is 1. The van der Waals surface area contributed by atoms with Gasteiger partial charge >= 0.3 is 5.97 Å². The van der Waals surface area contributed by atoms with E-state index < -0.39 is 5.97 Å². The SMILES string of the molecule is CCOC(=O)c1[nH]c(=O)c(C2CCCC2)nc1C. The lowest BCUT2D eigenvalue weighted by Crippen LogP contribution is -2.24. The fourth-order valence-electron chi connectivity index (χ4n) is 2.43. The van der Waals surface area contributed by atoms with Gasteiger partial charge in [0.05, 0.1) is 12.3 Å². The summed E-state index contributed by atoms with van der Waals surface area (Å²) in [6.45, 7) is 3.73. The molecule has 0 atom stereocenters. The second-order valence-corrected chi connectivity index (χ2v) is 4.61. The third kappa shape index (κ3) is 2.44. The van der Waals surface area contributed by atoms with Crippen molar-refractivity contribution in [3.63, 3.8) is 0 Å². The van der Waals surface area contributed by atoms with Gasteiger partial charge in [0, 0.05) is 5.92 Å². The summed E-state index contributed by atoms with van der Waals surface area (Å²) in [5, 5.41) is 0. The van der Waals surface area contributed by atoms with Crippen LogP contribution in [0.4, 0.5) is 0 Å². The number of carbonyl (C=O) groups excluding carboxylic acids is 1. The van der Waals surface area contributed by atoms with Gasteiger partial charge in [-0.05, 0) is 26.7 Å². The number of H-pyrrole nitrogens is 1. The van der Waals surface area contributed by atoms with Crippen LogP contribution in [0.2, 0.25) is 0 Å². The molecule has 5 heteroatoms. The van der Waals surface area contributed by atoms with Gasteiger partial charge in [-0.2, -0.15) is 0 Å². The van der Waals surface area contributed by atoms with Crippen molar-refractivity contribution in [3.8, 4) is 0 Å². The molecule has 0 radical (unpaired) electrons. The van der Waals surface area contributed by atoms with E-state index in [0.717, 1.165) is 25.7 Å². The first-order valence-electron chi connectivity index (χ1n) is 6.41. The largest absolute Gasteiger partial charge is 0.461 e. The number of ether oxygens (including phenoxy) is 1. The van der Waals surface area contributed by atoms with E-state index in [1.165, 1.54) is 0 Å². The quantitative estimate of drug-likeness (QED) is 0.832. The van der Waals surface area contributed by atoms with Gasteiger partial charge in [0.15, 0.2) is 0 Å². The Morgan fingerprint density at radius 2 is 2.11 bits per heavy atom. The third-order valence-corrected chi connectivity index (χ3v) is 3.34. The molecule has 1 aromatic rings. The zero-order valence-electron chi connectivity index (χ0n) is 10.8. The molecule has 1 aliphatic carbocycles. The van der Waals surface area contributed by atoms with E-state index in [0.29, 0.717) is 11.4 Å². The van der Waals surface area contributed by atoms with E-state index in [4.69, 9.17) is 4.74 Å². The van der Waals surface area contributed by atoms with E-state index in [1.54, 1.807) is 13.8 Å². The third-order valence-electron chi connectivity index (χ3n) is 3.34. The van der Waals surface area contributed by atoms with Gasteiger partial charge in [0.2, 0.25) is 0 Å². The Labute approximate surface area is 106 Å². The fourth-order valence-corrected chi connectivity index (χ4v) is 2.43. The van der Waals surface area contributed by atoms with Crippen molar-refractivity contribution in [2.24, 2.45) is 0 Å². The van der Waals surface area contributed by atoms with Crippen LogP contribution in [-0.4, -0.2) is 22.5 Å². The van der Waals surface area contributed by atoms with E-state index in [1.807, 2.05) is 0 Å². The number of carbonyl (C=O) groups is 1. The Balaban J connectivity index is 2.34. The topological polar surface area (TPSA) is 72.1 Å². The minimum atomic E-state index is -0.516. The first kappa shape index (κ1) is 12.8. The summed E-state index contributed by atoms with van der Waals surface area (Å²) < 4.78 is 4.88. The molecule has 0 bridgehead atoms. The number of hydrogen-bond donors (Lipinski definition) is 1. The smallest absolute Gasteiger partial charge is 0.356 e. The van der Waals surface area contributed by atoms with Crippen molar-refractivity contribution in [2.45, 2.75) is 45.4 Å². The highest BCUT2D eigenvalue weighted by molar-refractivity contribution is 5.88. The molecule has 0 aliphatic heterocycles. The van der Waals surface area contributed by atoms with Crippen molar-refractivity contribution in [3.05, 3.63) is 27.4 Å². The maximum Gasteiger partial charge on any atom is 0.356 e. The molecule has 0 unspecified atom stereocenters. The first-order chi connectivity index (χ1) is 8.63. The molecule has 2 rings (SSSR count). The standard InChI is InChI=1S/C13H18N2O3/c1-3-18-13(17)10-8(2)14-11(12(16)15-10)9-6-4-5-7-9/h9H,3-7H2,1-2H3,(H,15,16). The van der Waals surface area contributed by atoms with Crippen LogP contribution >= 0.6 is 0 Å². The summed E-state index contributed by atoms with van der Waals surface area (Å²) in [4.78, 5) is 30.5. The summed E-state index contributed by atoms with van der Waals surface area (Å²) in [6.07, 6.45) is 4.30. The van der Waals surface area contributed by atoms with Crippen LogP contribution in [0.3, 0.4) is 0 Å². The second kappa shape index (κ2) is 5.33. The molecule has 1 saturated carbocycles. The van der Waals surface area contributed by atoms with E-state index >= 15 is 0 Å². The highest BCUT2D eigenvalue weighted by Gasteiger charge is 2.23. The molecule has 1 heterocycles. The van der Waals surface area contributed by atoms with Crippen LogP contribution in [0, 0.1) is 6.92 Å². The molecule has 1 aliphatic rings. The molecule has 0 amide bonds. The number of aromatic amines is 1. The zero-order chi connectivity index (χ0) is 13.1. The molecule has 0 saturated heterocycles. The Morgan fingerprint density at radius 1 is 1.44 bits per heavy atom. The van der Waals surface area contributed by atoms with Crippen LogP contribution in [0.15, 0.2) is 4.79 Å². The molecule has 98 valence electrons.